The van der Waals surface area contributed by atoms with Crippen LogP contribution in [0.2, 0.25) is 0 Å². The zero-order chi connectivity index (χ0) is 13.4. The van der Waals surface area contributed by atoms with E-state index in [1.807, 2.05) is 0 Å². The van der Waals surface area contributed by atoms with Gasteiger partial charge in [-0.25, -0.2) is 4.39 Å². The molecular formula is C12H16FNO3S. The molecule has 0 aromatic heterocycles. The standard InChI is InChI=1S/C12H16FNO3S/c13-11-3-1-10(2-4-11)9-14-12(16)5-7-18(17)8-6-15/h1-4,15H,5-9H2,(H,14,16). The van der Waals surface area contributed by atoms with E-state index in [1.54, 1.807) is 12.1 Å². The van der Waals surface area contributed by atoms with Crippen LogP contribution in [0.25, 0.3) is 0 Å². The number of amides is 1. The van der Waals surface area contributed by atoms with E-state index in [0.717, 1.165) is 5.56 Å². The maximum Gasteiger partial charge on any atom is 0.221 e. The number of hydrogen-bond donors (Lipinski definition) is 2. The van der Waals surface area contributed by atoms with Gasteiger partial charge in [0.15, 0.2) is 0 Å². The van der Waals surface area contributed by atoms with Crippen LogP contribution >= 0.6 is 0 Å². The largest absolute Gasteiger partial charge is 0.395 e. The van der Waals surface area contributed by atoms with Crippen molar-refractivity contribution in [3.8, 4) is 0 Å². The Balaban J connectivity index is 2.24. The summed E-state index contributed by atoms with van der Waals surface area (Å²) >= 11 is 0. The second-order valence-corrected chi connectivity index (χ2v) is 5.42. The number of aliphatic hydroxyl groups excluding tert-OH is 1. The monoisotopic (exact) mass is 273 g/mol. The van der Waals surface area contributed by atoms with Gasteiger partial charge < -0.3 is 10.4 Å². The molecule has 2 N–H and O–H groups in total. The molecule has 0 aliphatic heterocycles. The fraction of sp³-hybridized carbons (Fsp3) is 0.417. The Morgan fingerprint density at radius 3 is 2.56 bits per heavy atom. The van der Waals surface area contributed by atoms with E-state index in [9.17, 15) is 13.4 Å². The molecule has 1 amide bonds. The number of nitrogens with one attached hydrogen (secondary N) is 1. The van der Waals surface area contributed by atoms with Crippen LogP contribution in [0.5, 0.6) is 0 Å². The van der Waals surface area contributed by atoms with Crippen molar-refractivity contribution in [2.24, 2.45) is 0 Å². The van der Waals surface area contributed by atoms with E-state index in [2.05, 4.69) is 5.32 Å². The lowest BCUT2D eigenvalue weighted by Crippen LogP contribution is -2.24. The number of halogens is 1. The summed E-state index contributed by atoms with van der Waals surface area (Å²) in [5.74, 6) is -0.0729. The van der Waals surface area contributed by atoms with Crippen LogP contribution in [0.1, 0.15) is 12.0 Å². The van der Waals surface area contributed by atoms with Gasteiger partial charge in [0.25, 0.3) is 0 Å². The molecule has 0 saturated carbocycles. The normalized spacial score (nSPS) is 12.1. The lowest BCUT2D eigenvalue weighted by atomic mass is 10.2. The topological polar surface area (TPSA) is 66.4 Å². The summed E-state index contributed by atoms with van der Waals surface area (Å²) in [5, 5.41) is 11.2. The highest BCUT2D eigenvalue weighted by Crippen LogP contribution is 2.02. The van der Waals surface area contributed by atoms with Crippen molar-refractivity contribution >= 4 is 16.7 Å². The summed E-state index contributed by atoms with van der Waals surface area (Å²) < 4.78 is 23.8. The van der Waals surface area contributed by atoms with Crippen molar-refractivity contribution in [2.75, 3.05) is 18.1 Å². The van der Waals surface area contributed by atoms with Crippen molar-refractivity contribution in [1.29, 1.82) is 0 Å². The van der Waals surface area contributed by atoms with Crippen LogP contribution < -0.4 is 5.32 Å². The van der Waals surface area contributed by atoms with Gasteiger partial charge in [0.1, 0.15) is 5.82 Å². The molecule has 0 aliphatic carbocycles. The molecule has 0 fully saturated rings. The summed E-state index contributed by atoms with van der Waals surface area (Å²) in [6.07, 6.45) is 0.161. The zero-order valence-corrected chi connectivity index (χ0v) is 10.7. The first-order chi connectivity index (χ1) is 8.61. The molecule has 0 aliphatic rings. The summed E-state index contributed by atoms with van der Waals surface area (Å²) in [7, 11) is -1.15. The Kier molecular flexibility index (Phi) is 6.53. The van der Waals surface area contributed by atoms with E-state index >= 15 is 0 Å². The third-order valence-corrected chi connectivity index (χ3v) is 3.58. The number of rotatable bonds is 7. The minimum Gasteiger partial charge on any atom is -0.395 e. The second-order valence-electron chi connectivity index (χ2n) is 3.72. The molecular weight excluding hydrogens is 257 g/mol. The minimum absolute atomic E-state index is 0.135. The lowest BCUT2D eigenvalue weighted by Gasteiger charge is -2.05. The van der Waals surface area contributed by atoms with Crippen LogP contribution in [0.3, 0.4) is 0 Å². The van der Waals surface area contributed by atoms with Crippen molar-refractivity contribution in [1.82, 2.24) is 5.32 Å². The Morgan fingerprint density at radius 1 is 1.28 bits per heavy atom. The second kappa shape index (κ2) is 7.94. The summed E-state index contributed by atoms with van der Waals surface area (Å²) in [5.41, 5.74) is 0.807. The number of carbonyl (C=O) groups excluding carboxylic acids is 1. The Hall–Kier alpha value is -1.27. The van der Waals surface area contributed by atoms with Crippen molar-refractivity contribution in [3.05, 3.63) is 35.6 Å². The summed E-state index contributed by atoms with van der Waals surface area (Å²) in [4.78, 5) is 11.4. The van der Waals surface area contributed by atoms with E-state index < -0.39 is 10.8 Å². The predicted molar refractivity (Wildman–Crippen MR) is 67.8 cm³/mol. The molecule has 0 spiro atoms. The fourth-order valence-electron chi connectivity index (χ4n) is 1.30. The molecule has 1 rings (SSSR count). The van der Waals surface area contributed by atoms with Gasteiger partial charge in [-0.3, -0.25) is 9.00 Å². The van der Waals surface area contributed by atoms with Crippen LogP contribution in [-0.2, 0) is 22.1 Å². The van der Waals surface area contributed by atoms with Gasteiger partial charge in [-0.15, -0.1) is 0 Å². The van der Waals surface area contributed by atoms with Crippen LogP contribution in [-0.4, -0.2) is 33.3 Å². The minimum atomic E-state index is -1.15. The van der Waals surface area contributed by atoms with E-state index in [4.69, 9.17) is 5.11 Å². The Bertz CT molecular complexity index is 408. The summed E-state index contributed by atoms with van der Waals surface area (Å²) in [6, 6.07) is 5.86. The van der Waals surface area contributed by atoms with Crippen molar-refractivity contribution < 1.29 is 18.5 Å². The number of carbonyl (C=O) groups is 1. The average molecular weight is 273 g/mol. The molecule has 1 atom stereocenters. The molecule has 1 aromatic carbocycles. The highest BCUT2D eigenvalue weighted by molar-refractivity contribution is 7.85. The van der Waals surface area contributed by atoms with Gasteiger partial charge in [0.05, 0.1) is 6.61 Å². The van der Waals surface area contributed by atoms with Crippen LogP contribution in [0.15, 0.2) is 24.3 Å². The fourth-order valence-corrected chi connectivity index (χ4v) is 2.12. The van der Waals surface area contributed by atoms with Crippen LogP contribution in [0.4, 0.5) is 4.39 Å². The van der Waals surface area contributed by atoms with Crippen molar-refractivity contribution in [2.45, 2.75) is 13.0 Å². The van der Waals surface area contributed by atoms with Gasteiger partial charge in [-0.1, -0.05) is 12.1 Å². The average Bonchev–Trinajstić information content (AvgIpc) is 2.36. The first-order valence-electron chi connectivity index (χ1n) is 5.59. The van der Waals surface area contributed by atoms with Gasteiger partial charge >= 0.3 is 0 Å². The smallest absolute Gasteiger partial charge is 0.221 e. The molecule has 1 aromatic rings. The van der Waals surface area contributed by atoms with Gasteiger partial charge in [0.2, 0.25) is 5.91 Å². The molecule has 18 heavy (non-hydrogen) atoms. The Morgan fingerprint density at radius 2 is 1.94 bits per heavy atom. The molecule has 6 heteroatoms. The first kappa shape index (κ1) is 14.8. The molecule has 0 saturated heterocycles. The maximum atomic E-state index is 12.6. The van der Waals surface area contributed by atoms with E-state index in [0.29, 0.717) is 6.54 Å². The highest BCUT2D eigenvalue weighted by Gasteiger charge is 2.05. The predicted octanol–water partition coefficient (Wildman–Crippen LogP) is 0.573. The quantitative estimate of drug-likeness (QED) is 0.763. The number of hydrogen-bond acceptors (Lipinski definition) is 3. The first-order valence-corrected chi connectivity index (χ1v) is 7.07. The lowest BCUT2D eigenvalue weighted by molar-refractivity contribution is -0.120. The summed E-state index contributed by atoms with van der Waals surface area (Å²) in [6.45, 7) is 0.190. The number of aliphatic hydroxyl groups is 1. The van der Waals surface area contributed by atoms with Gasteiger partial charge in [-0.05, 0) is 17.7 Å². The molecule has 0 radical (unpaired) electrons. The van der Waals surface area contributed by atoms with Crippen LogP contribution in [0, 0.1) is 5.82 Å². The molecule has 0 heterocycles. The highest BCUT2D eigenvalue weighted by atomic mass is 32.2. The van der Waals surface area contributed by atoms with E-state index in [-0.39, 0.29) is 36.3 Å². The zero-order valence-electron chi connectivity index (χ0n) is 9.89. The third kappa shape index (κ3) is 5.88. The van der Waals surface area contributed by atoms with E-state index in [1.165, 1.54) is 12.1 Å². The maximum absolute atomic E-state index is 12.6. The van der Waals surface area contributed by atoms with Gasteiger partial charge in [0, 0.05) is 35.3 Å². The Labute approximate surface area is 108 Å². The molecule has 0 bridgehead atoms. The molecule has 1 unspecified atom stereocenters. The van der Waals surface area contributed by atoms with Gasteiger partial charge in [-0.2, -0.15) is 0 Å². The SMILES string of the molecule is O=C(CCS(=O)CCO)NCc1ccc(F)cc1. The molecule has 100 valence electrons. The molecule has 4 nitrogen and oxygen atoms in total. The third-order valence-electron chi connectivity index (χ3n) is 2.28. The van der Waals surface area contributed by atoms with Crippen molar-refractivity contribution in [3.63, 3.8) is 0 Å². The number of benzene rings is 1.